The summed E-state index contributed by atoms with van der Waals surface area (Å²) in [5.74, 6) is 0.883. The summed E-state index contributed by atoms with van der Waals surface area (Å²) in [6.45, 7) is 10.1. The molecule has 0 saturated carbocycles. The first kappa shape index (κ1) is 22.4. The average molecular weight is 445 g/mol. The largest absolute Gasteiger partial charge is 0.384 e. The molecule has 0 aliphatic rings. The molecule has 0 spiro atoms. The van der Waals surface area contributed by atoms with Crippen LogP contribution < -0.4 is 10.9 Å². The van der Waals surface area contributed by atoms with E-state index >= 15 is 0 Å². The number of aromatic nitrogens is 5. The van der Waals surface area contributed by atoms with E-state index in [-0.39, 0.29) is 12.1 Å². The number of fused-ring (bicyclic) bond motifs is 1. The van der Waals surface area contributed by atoms with Gasteiger partial charge in [-0.05, 0) is 43.5 Å². The van der Waals surface area contributed by atoms with Crippen molar-refractivity contribution in [2.24, 2.45) is 0 Å². The Hall–Kier alpha value is -3.78. The molecule has 4 aromatic rings. The molecule has 0 unspecified atom stereocenters. The number of allylic oxidation sites excluding steroid dienone is 1. The molecule has 3 aromatic heterocycles. The number of rotatable bonds is 8. The molecule has 33 heavy (non-hydrogen) atoms. The van der Waals surface area contributed by atoms with E-state index in [1.54, 1.807) is 42.8 Å². The van der Waals surface area contributed by atoms with Gasteiger partial charge in [0.2, 0.25) is 5.95 Å². The van der Waals surface area contributed by atoms with Gasteiger partial charge in [-0.15, -0.1) is 6.58 Å². The van der Waals surface area contributed by atoms with Gasteiger partial charge >= 0.3 is 0 Å². The molecule has 0 saturated heterocycles. The molecule has 4 rings (SSSR count). The summed E-state index contributed by atoms with van der Waals surface area (Å²) in [6.07, 6.45) is 4.17. The zero-order chi connectivity index (χ0) is 23.6. The number of pyridine rings is 1. The Bertz CT molecular complexity index is 1350. The number of hydrogen-bond donors (Lipinski definition) is 2. The second-order valence-electron chi connectivity index (χ2n) is 8.38. The lowest BCUT2D eigenvalue weighted by atomic mass is 10.1. The highest BCUT2D eigenvalue weighted by molar-refractivity contribution is 5.76. The number of nitrogens with zero attached hydrogens (tertiary/aromatic N) is 5. The van der Waals surface area contributed by atoms with Crippen molar-refractivity contribution in [1.29, 1.82) is 0 Å². The third kappa shape index (κ3) is 4.56. The van der Waals surface area contributed by atoms with Gasteiger partial charge in [-0.1, -0.05) is 43.3 Å². The number of aliphatic hydroxyl groups is 1. The van der Waals surface area contributed by atoms with Crippen LogP contribution in [-0.2, 0) is 25.1 Å². The van der Waals surface area contributed by atoms with E-state index in [9.17, 15) is 9.90 Å². The maximum absolute atomic E-state index is 13.1. The highest BCUT2D eigenvalue weighted by Crippen LogP contribution is 2.21. The van der Waals surface area contributed by atoms with Crippen LogP contribution >= 0.6 is 0 Å². The molecular weight excluding hydrogens is 416 g/mol. The predicted molar refractivity (Wildman–Crippen MR) is 130 cm³/mol. The second kappa shape index (κ2) is 8.99. The first-order chi connectivity index (χ1) is 15.8. The molecule has 0 bridgehead atoms. The normalized spacial score (nSPS) is 11.6. The van der Waals surface area contributed by atoms with Crippen molar-refractivity contribution < 1.29 is 5.11 Å². The summed E-state index contributed by atoms with van der Waals surface area (Å²) in [5.41, 5.74) is 1.95. The van der Waals surface area contributed by atoms with E-state index in [0.717, 1.165) is 12.0 Å². The maximum atomic E-state index is 13.1. The van der Waals surface area contributed by atoms with Crippen LogP contribution in [0.4, 0.5) is 5.95 Å². The van der Waals surface area contributed by atoms with Gasteiger partial charge in [0, 0.05) is 12.7 Å². The van der Waals surface area contributed by atoms with Gasteiger partial charge in [-0.3, -0.25) is 4.79 Å². The van der Waals surface area contributed by atoms with Gasteiger partial charge < -0.3 is 10.4 Å². The fourth-order valence-electron chi connectivity index (χ4n) is 3.59. The second-order valence-corrected chi connectivity index (χ2v) is 8.38. The minimum absolute atomic E-state index is 0.234. The van der Waals surface area contributed by atoms with Crippen LogP contribution in [-0.4, -0.2) is 29.4 Å². The first-order valence-corrected chi connectivity index (χ1v) is 10.9. The average Bonchev–Trinajstić information content (AvgIpc) is 3.09. The molecule has 1 aromatic carbocycles. The predicted octanol–water partition coefficient (Wildman–Crippen LogP) is 3.57. The zero-order valence-corrected chi connectivity index (χ0v) is 19.1. The van der Waals surface area contributed by atoms with Crippen molar-refractivity contribution >= 4 is 17.0 Å². The monoisotopic (exact) mass is 444 g/mol. The van der Waals surface area contributed by atoms with Crippen molar-refractivity contribution in [2.45, 2.75) is 45.9 Å². The highest BCUT2D eigenvalue weighted by Gasteiger charge is 2.21. The van der Waals surface area contributed by atoms with E-state index < -0.39 is 5.60 Å². The third-order valence-corrected chi connectivity index (χ3v) is 5.44. The minimum Gasteiger partial charge on any atom is -0.384 e. The molecule has 0 amide bonds. The third-order valence-electron chi connectivity index (χ3n) is 5.44. The van der Waals surface area contributed by atoms with Gasteiger partial charge in [0.25, 0.3) is 5.56 Å². The Kier molecular flexibility index (Phi) is 6.11. The Morgan fingerprint density at radius 1 is 1.12 bits per heavy atom. The van der Waals surface area contributed by atoms with E-state index in [0.29, 0.717) is 35.0 Å². The summed E-state index contributed by atoms with van der Waals surface area (Å²) in [5, 5.41) is 14.0. The van der Waals surface area contributed by atoms with E-state index in [1.807, 2.05) is 0 Å². The molecule has 0 atom stereocenters. The Morgan fingerprint density at radius 3 is 2.52 bits per heavy atom. The van der Waals surface area contributed by atoms with Gasteiger partial charge in [0.05, 0.1) is 12.2 Å². The van der Waals surface area contributed by atoms with Crippen LogP contribution in [0.25, 0.3) is 16.9 Å². The molecule has 0 aliphatic heterocycles. The van der Waals surface area contributed by atoms with Gasteiger partial charge in [-0.25, -0.2) is 19.3 Å². The Balaban J connectivity index is 1.77. The van der Waals surface area contributed by atoms with Crippen molar-refractivity contribution in [3.05, 3.63) is 88.5 Å². The molecule has 8 heteroatoms. The van der Waals surface area contributed by atoms with Gasteiger partial charge in [0.1, 0.15) is 11.0 Å². The van der Waals surface area contributed by atoms with E-state index in [2.05, 4.69) is 58.0 Å². The molecule has 2 N–H and O–H groups in total. The first-order valence-electron chi connectivity index (χ1n) is 10.9. The topological polar surface area (TPSA) is 97.9 Å². The molecule has 170 valence electrons. The molecule has 0 fully saturated rings. The molecule has 3 heterocycles. The number of benzene rings is 1. The maximum Gasteiger partial charge on any atom is 0.278 e. The number of aryl methyl sites for hydroxylation is 1. The molecule has 8 nitrogen and oxygen atoms in total. The molecule has 0 aliphatic carbocycles. The summed E-state index contributed by atoms with van der Waals surface area (Å²) in [4.78, 5) is 26.6. The lowest BCUT2D eigenvalue weighted by molar-refractivity contribution is 0.0738. The van der Waals surface area contributed by atoms with Crippen LogP contribution in [0, 0.1) is 0 Å². The van der Waals surface area contributed by atoms with Crippen LogP contribution in [0.1, 0.15) is 37.6 Å². The van der Waals surface area contributed by atoms with Gasteiger partial charge in [0.15, 0.2) is 11.5 Å². The summed E-state index contributed by atoms with van der Waals surface area (Å²) >= 11 is 0. The smallest absolute Gasteiger partial charge is 0.278 e. The van der Waals surface area contributed by atoms with Crippen molar-refractivity contribution in [1.82, 2.24) is 24.3 Å². The fourth-order valence-corrected chi connectivity index (χ4v) is 3.59. The molecule has 0 radical (unpaired) electrons. The lowest BCUT2D eigenvalue weighted by Crippen LogP contribution is -2.23. The van der Waals surface area contributed by atoms with Crippen molar-refractivity contribution in [2.75, 3.05) is 5.32 Å². The van der Waals surface area contributed by atoms with Crippen LogP contribution in [0.5, 0.6) is 0 Å². The van der Waals surface area contributed by atoms with E-state index in [1.165, 1.54) is 16.4 Å². The van der Waals surface area contributed by atoms with Crippen LogP contribution in [0.15, 0.2) is 66.1 Å². The number of anilines is 1. The molecular formula is C25H28N6O2. The number of nitrogens with one attached hydrogen (secondary N) is 1. The lowest BCUT2D eigenvalue weighted by Gasteiger charge is -2.18. The van der Waals surface area contributed by atoms with Gasteiger partial charge in [-0.2, -0.15) is 4.98 Å². The summed E-state index contributed by atoms with van der Waals surface area (Å²) in [7, 11) is 0. The summed E-state index contributed by atoms with van der Waals surface area (Å²) < 4.78 is 3.16. The Morgan fingerprint density at radius 2 is 1.85 bits per heavy atom. The van der Waals surface area contributed by atoms with Crippen LogP contribution in [0.2, 0.25) is 0 Å². The quantitative estimate of drug-likeness (QED) is 0.403. The summed E-state index contributed by atoms with van der Waals surface area (Å²) in [6, 6.07) is 13.7. The zero-order valence-electron chi connectivity index (χ0n) is 19.1. The minimum atomic E-state index is -1.13. The highest BCUT2D eigenvalue weighted by atomic mass is 16.3. The fraction of sp³-hybridized carbons (Fsp3) is 0.280. The standard InChI is InChI=1S/C25H28N6O2/c1-5-14-30-23(32)19-16-27-24(26-15-18-12-10-17(6-2)11-13-18)29-22(19)31(30)21-9-7-8-20(28-21)25(3,4)33/h5,7-13,16,33H,1,6,14-15H2,2-4H3,(H,26,27,29). The number of hydrogen-bond acceptors (Lipinski definition) is 6. The Labute approximate surface area is 192 Å². The van der Waals surface area contributed by atoms with E-state index in [4.69, 9.17) is 0 Å². The van der Waals surface area contributed by atoms with Crippen molar-refractivity contribution in [3.8, 4) is 5.82 Å². The van der Waals surface area contributed by atoms with Crippen molar-refractivity contribution in [3.63, 3.8) is 0 Å². The SMILES string of the molecule is C=CCn1c(=O)c2cnc(NCc3ccc(CC)cc3)nc2n1-c1cccc(C(C)(C)O)n1. The van der Waals surface area contributed by atoms with Crippen LogP contribution in [0.3, 0.4) is 0 Å².